The molecule has 0 aliphatic carbocycles. The predicted molar refractivity (Wildman–Crippen MR) is 72.7 cm³/mol. The third-order valence-electron chi connectivity index (χ3n) is 1.68. The Hall–Kier alpha value is -1.14. The van der Waals surface area contributed by atoms with Gasteiger partial charge in [0.05, 0.1) is 8.66 Å². The molecule has 0 aliphatic heterocycles. The van der Waals surface area contributed by atoms with Gasteiger partial charge in [-0.25, -0.2) is 4.39 Å². The number of allylic oxidation sites excluding steroid dienone is 3. The zero-order chi connectivity index (χ0) is 13.0. The lowest BCUT2D eigenvalue weighted by atomic mass is 9.96. The lowest BCUT2D eigenvalue weighted by molar-refractivity contribution is 0.0971. The molecule has 6 heteroatoms. The van der Waals surface area contributed by atoms with Gasteiger partial charge in [-0.15, -0.1) is 17.9 Å². The summed E-state index contributed by atoms with van der Waals surface area (Å²) in [4.78, 5) is 12.1. The average Bonchev–Trinajstić information content (AvgIpc) is 2.64. The first-order chi connectivity index (χ1) is 7.90. The van der Waals surface area contributed by atoms with Crippen LogP contribution in [0, 0.1) is 0 Å². The van der Waals surface area contributed by atoms with Crippen molar-refractivity contribution in [1.82, 2.24) is 5.32 Å². The molecule has 1 aromatic heterocycles. The number of nitrogens with one attached hydrogen (secondary N) is 1. The van der Waals surface area contributed by atoms with Gasteiger partial charge in [0.15, 0.2) is 0 Å². The van der Waals surface area contributed by atoms with Crippen LogP contribution in [0.15, 0.2) is 52.1 Å². The summed E-state index contributed by atoms with van der Waals surface area (Å²) in [5.74, 6) is -1.07. The second-order valence-corrected chi connectivity index (χ2v) is 5.56. The number of carbonyl (C=O) groups is 1. The Balaban J connectivity index is 2.67. The van der Waals surface area contributed by atoms with Crippen LogP contribution < -0.4 is 5.32 Å². The fourth-order valence-electron chi connectivity index (χ4n) is 0.926. The van der Waals surface area contributed by atoms with E-state index in [1.165, 1.54) is 11.3 Å². The summed E-state index contributed by atoms with van der Waals surface area (Å²) in [5.41, 5.74) is -0.0945. The summed E-state index contributed by atoms with van der Waals surface area (Å²) in [6, 6.07) is 3.40. The molecule has 1 amide bonds. The van der Waals surface area contributed by atoms with Gasteiger partial charge in [-0.1, -0.05) is 12.1 Å². The minimum atomic E-state index is -0.720. The van der Waals surface area contributed by atoms with Gasteiger partial charge in [-0.2, -0.15) is 0 Å². The molecule has 2 radical (unpaired) electrons. The molecule has 0 saturated heterocycles. The summed E-state index contributed by atoms with van der Waals surface area (Å²) < 4.78 is 13.9. The molecule has 0 fully saturated rings. The van der Waals surface area contributed by atoms with E-state index < -0.39 is 5.83 Å². The molecule has 0 aliphatic rings. The van der Waals surface area contributed by atoms with E-state index in [-0.39, 0.29) is 17.1 Å². The molecule has 86 valence electrons. The molecule has 0 unspecified atom stereocenters. The Morgan fingerprint density at radius 1 is 1.53 bits per heavy atom. The number of hydrogen-bond donors (Lipinski definition) is 1. The standard InChI is InChI=1S/C11H8BBrFNOS/c1-6(5-8(14)7(2)12)15-11(16)9-3-4-10(13)17-9/h3-5H,1-2H2,(H,15,16)/b8-5+. The molecule has 0 spiro atoms. The summed E-state index contributed by atoms with van der Waals surface area (Å²) >= 11 is 4.51. The number of carbonyl (C=O) groups excluding carboxylic acids is 1. The number of amides is 1. The van der Waals surface area contributed by atoms with Crippen molar-refractivity contribution < 1.29 is 9.18 Å². The molecule has 1 aromatic rings. The van der Waals surface area contributed by atoms with Gasteiger partial charge in [-0.3, -0.25) is 4.79 Å². The van der Waals surface area contributed by atoms with Crippen molar-refractivity contribution in [3.8, 4) is 0 Å². The summed E-state index contributed by atoms with van der Waals surface area (Å²) in [6.07, 6.45) is 1.02. The fourth-order valence-corrected chi connectivity index (χ4v) is 2.21. The zero-order valence-corrected chi connectivity index (χ0v) is 11.2. The Labute approximate surface area is 112 Å². The molecule has 0 atom stereocenters. The topological polar surface area (TPSA) is 29.1 Å². The number of rotatable bonds is 4. The van der Waals surface area contributed by atoms with E-state index in [1.807, 2.05) is 0 Å². The number of hydrogen-bond acceptors (Lipinski definition) is 2. The second-order valence-electron chi connectivity index (χ2n) is 3.10. The first kappa shape index (κ1) is 13.9. The predicted octanol–water partition coefficient (Wildman–Crippen LogP) is 3.29. The normalized spacial score (nSPS) is 11.1. The Morgan fingerprint density at radius 3 is 2.65 bits per heavy atom. The second kappa shape index (κ2) is 5.98. The molecule has 0 saturated carbocycles. The third kappa shape index (κ3) is 4.32. The van der Waals surface area contributed by atoms with Crippen LogP contribution in [-0.4, -0.2) is 13.8 Å². The number of halogens is 2. The van der Waals surface area contributed by atoms with Gasteiger partial charge in [0.25, 0.3) is 5.91 Å². The van der Waals surface area contributed by atoms with E-state index in [4.69, 9.17) is 7.85 Å². The minimum Gasteiger partial charge on any atom is -0.322 e. The van der Waals surface area contributed by atoms with E-state index in [9.17, 15) is 9.18 Å². The van der Waals surface area contributed by atoms with Crippen LogP contribution >= 0.6 is 27.3 Å². The molecule has 0 aromatic carbocycles. The first-order valence-corrected chi connectivity index (χ1v) is 6.08. The maximum atomic E-state index is 13.1. The Bertz CT molecular complexity index is 509. The highest BCUT2D eigenvalue weighted by Crippen LogP contribution is 2.22. The monoisotopic (exact) mass is 311 g/mol. The van der Waals surface area contributed by atoms with Crippen molar-refractivity contribution >= 4 is 41.0 Å². The van der Waals surface area contributed by atoms with Crippen molar-refractivity contribution in [2.75, 3.05) is 0 Å². The average molecular weight is 312 g/mol. The van der Waals surface area contributed by atoms with Crippen LogP contribution in [-0.2, 0) is 0 Å². The Morgan fingerprint density at radius 2 is 2.18 bits per heavy atom. The van der Waals surface area contributed by atoms with Crippen LogP contribution in [0.4, 0.5) is 4.39 Å². The van der Waals surface area contributed by atoms with Crippen LogP contribution in [0.2, 0.25) is 0 Å². The van der Waals surface area contributed by atoms with Gasteiger partial charge < -0.3 is 5.32 Å². The van der Waals surface area contributed by atoms with Crippen molar-refractivity contribution in [1.29, 1.82) is 0 Å². The highest BCUT2D eigenvalue weighted by molar-refractivity contribution is 9.11. The Kier molecular flexibility index (Phi) is 4.90. The van der Waals surface area contributed by atoms with Gasteiger partial charge >= 0.3 is 0 Å². The van der Waals surface area contributed by atoms with Crippen molar-refractivity contribution in [2.24, 2.45) is 0 Å². The van der Waals surface area contributed by atoms with Crippen LogP contribution in [0.3, 0.4) is 0 Å². The smallest absolute Gasteiger partial charge is 0.265 e. The number of thiophene rings is 1. The molecule has 1 N–H and O–H groups in total. The zero-order valence-electron chi connectivity index (χ0n) is 8.80. The fraction of sp³-hybridized carbons (Fsp3) is 0. The molecule has 1 rings (SSSR count). The van der Waals surface area contributed by atoms with E-state index >= 15 is 0 Å². The SMILES string of the molecule is [B]C(=C)/C(F)=C\C(=C)NC(=O)c1ccc(Br)s1. The summed E-state index contributed by atoms with van der Waals surface area (Å²) in [6.45, 7) is 6.72. The van der Waals surface area contributed by atoms with Crippen LogP contribution in [0.25, 0.3) is 0 Å². The van der Waals surface area contributed by atoms with Crippen LogP contribution in [0.5, 0.6) is 0 Å². The lowest BCUT2D eigenvalue weighted by Gasteiger charge is -2.03. The summed E-state index contributed by atoms with van der Waals surface area (Å²) in [7, 11) is 5.13. The molecular weight excluding hydrogens is 304 g/mol. The van der Waals surface area contributed by atoms with Crippen molar-refractivity contribution in [3.05, 3.63) is 57.0 Å². The third-order valence-corrected chi connectivity index (χ3v) is 3.30. The van der Waals surface area contributed by atoms with E-state index in [0.29, 0.717) is 4.88 Å². The molecular formula is C11H8BBrFNOS. The molecule has 1 heterocycles. The highest BCUT2D eigenvalue weighted by atomic mass is 79.9. The van der Waals surface area contributed by atoms with Gasteiger partial charge in [0.1, 0.15) is 13.7 Å². The van der Waals surface area contributed by atoms with Crippen LogP contribution in [0.1, 0.15) is 9.67 Å². The first-order valence-electron chi connectivity index (χ1n) is 4.47. The van der Waals surface area contributed by atoms with Gasteiger partial charge in [-0.05, 0) is 34.1 Å². The van der Waals surface area contributed by atoms with Crippen molar-refractivity contribution in [3.63, 3.8) is 0 Å². The maximum absolute atomic E-state index is 13.1. The van der Waals surface area contributed by atoms with Gasteiger partial charge in [0, 0.05) is 5.70 Å². The summed E-state index contributed by atoms with van der Waals surface area (Å²) in [5, 5.41) is 2.44. The minimum absolute atomic E-state index is 0.114. The molecule has 0 bridgehead atoms. The highest BCUT2D eigenvalue weighted by Gasteiger charge is 2.08. The van der Waals surface area contributed by atoms with E-state index in [0.717, 1.165) is 9.86 Å². The maximum Gasteiger partial charge on any atom is 0.265 e. The van der Waals surface area contributed by atoms with Gasteiger partial charge in [0.2, 0.25) is 0 Å². The van der Waals surface area contributed by atoms with E-state index in [1.54, 1.807) is 12.1 Å². The van der Waals surface area contributed by atoms with Crippen molar-refractivity contribution in [2.45, 2.75) is 0 Å². The van der Waals surface area contributed by atoms with E-state index in [2.05, 4.69) is 34.4 Å². The lowest BCUT2D eigenvalue weighted by Crippen LogP contribution is -2.20. The molecule has 2 nitrogen and oxygen atoms in total. The largest absolute Gasteiger partial charge is 0.322 e. The quantitative estimate of drug-likeness (QED) is 0.671. The molecule has 17 heavy (non-hydrogen) atoms.